The Morgan fingerprint density at radius 3 is 2.51 bits per heavy atom. The number of ether oxygens (including phenoxy) is 5. The van der Waals surface area contributed by atoms with E-state index < -0.39 is 77.9 Å². The van der Waals surface area contributed by atoms with E-state index in [1.165, 1.54) is 24.3 Å². The first-order valence-electron chi connectivity index (χ1n) is 11.5. The lowest BCUT2D eigenvalue weighted by Crippen LogP contribution is -2.80. The average Bonchev–Trinajstić information content (AvgIpc) is 3.00. The molecule has 0 radical (unpaired) electrons. The number of hydrogen-bond donors (Lipinski definition) is 6. The molecule has 7 fully saturated rings. The molecular formula is C23H28O12. The topological polar surface area (TPSA) is 185 Å². The lowest BCUT2D eigenvalue weighted by molar-refractivity contribution is -0.424. The van der Waals surface area contributed by atoms with Crippen molar-refractivity contribution in [1.29, 1.82) is 0 Å². The molecule has 0 spiro atoms. The Kier molecular flexibility index (Phi) is 4.93. The third-order valence-corrected chi connectivity index (χ3v) is 8.66. The summed E-state index contributed by atoms with van der Waals surface area (Å²) in [5.41, 5.74) is -3.27. The van der Waals surface area contributed by atoms with Gasteiger partial charge in [-0.05, 0) is 37.6 Å². The van der Waals surface area contributed by atoms with E-state index in [0.29, 0.717) is 0 Å². The Labute approximate surface area is 199 Å². The number of phenols is 1. The van der Waals surface area contributed by atoms with Crippen LogP contribution >= 0.6 is 0 Å². The maximum absolute atomic E-state index is 12.7. The zero-order valence-corrected chi connectivity index (χ0v) is 18.8. The summed E-state index contributed by atoms with van der Waals surface area (Å²) in [4.78, 5) is 12.7. The molecule has 4 saturated heterocycles. The summed E-state index contributed by atoms with van der Waals surface area (Å²) in [7, 11) is 0. The Bertz CT molecular complexity index is 1030. The highest BCUT2D eigenvalue weighted by Gasteiger charge is 2.94. The van der Waals surface area contributed by atoms with Crippen molar-refractivity contribution >= 4 is 5.97 Å². The lowest BCUT2D eigenvalue weighted by atomic mass is 9.41. The van der Waals surface area contributed by atoms with Crippen LogP contribution in [0.25, 0.3) is 0 Å². The van der Waals surface area contributed by atoms with E-state index in [1.54, 1.807) is 6.92 Å². The average molecular weight is 496 g/mol. The van der Waals surface area contributed by atoms with Crippen LogP contribution in [0.15, 0.2) is 24.3 Å². The molecule has 6 bridgehead atoms. The highest BCUT2D eigenvalue weighted by atomic mass is 16.8. The van der Waals surface area contributed by atoms with Crippen LogP contribution in [0.1, 0.15) is 30.1 Å². The van der Waals surface area contributed by atoms with Crippen LogP contribution in [0, 0.1) is 11.3 Å². The summed E-state index contributed by atoms with van der Waals surface area (Å²) in [5.74, 6) is -2.68. The Morgan fingerprint density at radius 1 is 1.11 bits per heavy atom. The normalized spacial score (nSPS) is 51.3. The van der Waals surface area contributed by atoms with Gasteiger partial charge in [-0.25, -0.2) is 4.79 Å². The van der Waals surface area contributed by atoms with Crippen molar-refractivity contribution in [3.05, 3.63) is 29.8 Å². The highest BCUT2D eigenvalue weighted by molar-refractivity contribution is 5.89. The third-order valence-electron chi connectivity index (χ3n) is 8.66. The summed E-state index contributed by atoms with van der Waals surface area (Å²) in [6.45, 7) is 0.878. The molecule has 192 valence electrons. The molecular weight excluding hydrogens is 468 g/mol. The van der Waals surface area contributed by atoms with E-state index in [1.807, 2.05) is 0 Å². The van der Waals surface area contributed by atoms with Crippen LogP contribution in [0.2, 0.25) is 0 Å². The summed E-state index contributed by atoms with van der Waals surface area (Å²) >= 11 is 0. The molecule has 0 aromatic heterocycles. The number of phenolic OH excluding ortho intramolecular Hbond substituents is 1. The van der Waals surface area contributed by atoms with Crippen molar-refractivity contribution in [3.63, 3.8) is 0 Å². The van der Waals surface area contributed by atoms with Gasteiger partial charge in [0.2, 0.25) is 0 Å². The van der Waals surface area contributed by atoms with Crippen LogP contribution < -0.4 is 0 Å². The molecule has 12 heteroatoms. The molecule has 4 heterocycles. The minimum Gasteiger partial charge on any atom is -0.508 e. The molecule has 3 saturated carbocycles. The summed E-state index contributed by atoms with van der Waals surface area (Å²) in [6, 6.07) is 5.54. The SMILES string of the molecule is C[C@]12C[C@@]3(O)O[C@@H](O1)[C@@]1(COC(=O)c4ccc(O)cc4)[C@H]3C[C@@]12O[C@@H]1O[C@H](CO)[C@@H](O)[C@H](O)[C@H]1O. The van der Waals surface area contributed by atoms with Gasteiger partial charge in [-0.3, -0.25) is 0 Å². The monoisotopic (exact) mass is 496 g/mol. The maximum Gasteiger partial charge on any atom is 0.338 e. The predicted octanol–water partition coefficient (Wildman–Crippen LogP) is -1.65. The van der Waals surface area contributed by atoms with Gasteiger partial charge in [0.15, 0.2) is 18.4 Å². The quantitative estimate of drug-likeness (QED) is 0.247. The largest absolute Gasteiger partial charge is 0.508 e. The second kappa shape index (κ2) is 7.34. The van der Waals surface area contributed by atoms with Crippen molar-refractivity contribution in [2.75, 3.05) is 13.2 Å². The van der Waals surface area contributed by atoms with E-state index in [4.69, 9.17) is 23.7 Å². The van der Waals surface area contributed by atoms with Gasteiger partial charge in [0.05, 0.1) is 17.6 Å². The number of carbonyl (C=O) groups excluding carboxylic acids is 1. The fourth-order valence-corrected chi connectivity index (χ4v) is 6.90. The van der Waals surface area contributed by atoms with Crippen molar-refractivity contribution in [2.24, 2.45) is 11.3 Å². The first-order chi connectivity index (χ1) is 16.5. The van der Waals surface area contributed by atoms with Crippen molar-refractivity contribution in [2.45, 2.75) is 73.8 Å². The molecule has 0 unspecified atom stereocenters. The molecule has 4 aliphatic heterocycles. The van der Waals surface area contributed by atoms with E-state index >= 15 is 0 Å². The van der Waals surface area contributed by atoms with Crippen LogP contribution in [-0.4, -0.2) is 104 Å². The van der Waals surface area contributed by atoms with Crippen LogP contribution in [0.4, 0.5) is 0 Å². The second-order valence-electron chi connectivity index (χ2n) is 10.4. The zero-order chi connectivity index (χ0) is 25.0. The molecule has 1 aromatic carbocycles. The molecule has 8 rings (SSSR count). The summed E-state index contributed by atoms with van der Waals surface area (Å²) < 4.78 is 29.6. The minimum absolute atomic E-state index is 0.00282. The predicted molar refractivity (Wildman–Crippen MR) is 110 cm³/mol. The number of rotatable bonds is 6. The summed E-state index contributed by atoms with van der Waals surface area (Å²) in [5, 5.41) is 61.2. The molecule has 0 amide bonds. The lowest BCUT2D eigenvalue weighted by Gasteiger charge is -2.67. The summed E-state index contributed by atoms with van der Waals surface area (Å²) in [6.07, 6.45) is -8.10. The van der Waals surface area contributed by atoms with Gasteiger partial charge in [0.1, 0.15) is 48.0 Å². The number of esters is 1. The third kappa shape index (κ3) is 2.80. The molecule has 1 aromatic rings. The van der Waals surface area contributed by atoms with Gasteiger partial charge >= 0.3 is 5.97 Å². The molecule has 3 aliphatic carbocycles. The Hall–Kier alpha value is -1.87. The first kappa shape index (κ1) is 23.5. The highest BCUT2D eigenvalue weighted by Crippen LogP contribution is 2.81. The van der Waals surface area contributed by atoms with E-state index in [-0.39, 0.29) is 30.8 Å². The van der Waals surface area contributed by atoms with E-state index in [9.17, 15) is 35.4 Å². The van der Waals surface area contributed by atoms with E-state index in [2.05, 4.69) is 0 Å². The maximum atomic E-state index is 12.7. The van der Waals surface area contributed by atoms with Crippen LogP contribution in [0.3, 0.4) is 0 Å². The molecule has 35 heavy (non-hydrogen) atoms. The van der Waals surface area contributed by atoms with Crippen molar-refractivity contribution in [3.8, 4) is 5.75 Å². The molecule has 6 N–H and O–H groups in total. The number of aliphatic hydroxyl groups is 5. The number of benzene rings is 1. The molecule has 11 atom stereocenters. The first-order valence-corrected chi connectivity index (χ1v) is 11.5. The van der Waals surface area contributed by atoms with Gasteiger partial charge in [0, 0.05) is 12.3 Å². The molecule has 12 nitrogen and oxygen atoms in total. The number of aromatic hydroxyl groups is 1. The Balaban J connectivity index is 1.31. The number of aliphatic hydroxyl groups excluding tert-OH is 4. The van der Waals surface area contributed by atoms with Gasteiger partial charge < -0.3 is 54.3 Å². The van der Waals surface area contributed by atoms with Gasteiger partial charge in [-0.2, -0.15) is 0 Å². The van der Waals surface area contributed by atoms with Gasteiger partial charge in [-0.1, -0.05) is 0 Å². The smallest absolute Gasteiger partial charge is 0.338 e. The Morgan fingerprint density at radius 2 is 1.83 bits per heavy atom. The van der Waals surface area contributed by atoms with Crippen molar-refractivity contribution in [1.82, 2.24) is 0 Å². The van der Waals surface area contributed by atoms with Gasteiger partial charge in [0.25, 0.3) is 0 Å². The fourth-order valence-electron chi connectivity index (χ4n) is 6.90. The van der Waals surface area contributed by atoms with E-state index in [0.717, 1.165) is 0 Å². The van der Waals surface area contributed by atoms with Gasteiger partial charge in [-0.15, -0.1) is 0 Å². The minimum atomic E-state index is -1.64. The number of hydrogen-bond acceptors (Lipinski definition) is 12. The number of carbonyl (C=O) groups is 1. The van der Waals surface area contributed by atoms with Crippen molar-refractivity contribution < 1.29 is 59.1 Å². The van der Waals surface area contributed by atoms with Crippen LogP contribution in [0.5, 0.6) is 5.75 Å². The van der Waals surface area contributed by atoms with Crippen LogP contribution in [-0.2, 0) is 23.7 Å². The molecule has 7 aliphatic rings. The standard InChI is InChI=1S/C23H28O12/c1-20-8-22(30)13-6-23(20,33-18-16(28)15(27)14(26)12(7-24)32-18)21(13,19(34-20)35-22)9-31-17(29)10-2-4-11(25)5-3-10/h2-5,12-16,18-19,24-28,30H,6-9H2,1H3/t12-,13-,14-,15+,16-,18+,19-,20-,21-,22-,23+/m1/s1. The fraction of sp³-hybridized carbons (Fsp3) is 0.696. The second-order valence-corrected chi connectivity index (χ2v) is 10.4. The zero-order valence-electron chi connectivity index (χ0n) is 18.8.